The van der Waals surface area contributed by atoms with Gasteiger partial charge >= 0.3 is 0 Å². The smallest absolute Gasteiger partial charge is 0.273 e. The molecule has 1 aromatic rings. The van der Waals surface area contributed by atoms with Crippen LogP contribution in [0.25, 0.3) is 0 Å². The van der Waals surface area contributed by atoms with Gasteiger partial charge in [-0.3, -0.25) is 9.89 Å². The van der Waals surface area contributed by atoms with Gasteiger partial charge in [-0.25, -0.2) is 13.1 Å². The lowest BCUT2D eigenvalue weighted by molar-refractivity contribution is 0.0952. The minimum Gasteiger partial charge on any atom is -0.395 e. The quantitative estimate of drug-likeness (QED) is 0.555. The molecule has 1 aromatic heterocycles. The molecule has 0 saturated heterocycles. The molecule has 0 bridgehead atoms. The van der Waals surface area contributed by atoms with Crippen molar-refractivity contribution in [2.45, 2.75) is 19.8 Å². The lowest BCUT2D eigenvalue weighted by Gasteiger charge is -2.05. The molecule has 0 aliphatic rings. The maximum Gasteiger partial charge on any atom is 0.273 e. The van der Waals surface area contributed by atoms with E-state index in [9.17, 15) is 13.2 Å². The number of aromatic amines is 1. The number of hydrogen-bond donors (Lipinski definition) is 4. The third-order valence-corrected chi connectivity index (χ3v) is 3.96. The number of nitrogen functional groups attached to an aromatic ring is 1. The van der Waals surface area contributed by atoms with E-state index in [4.69, 9.17) is 5.73 Å². The Labute approximate surface area is 112 Å². The van der Waals surface area contributed by atoms with Crippen molar-refractivity contribution < 1.29 is 13.2 Å². The Morgan fingerprint density at radius 2 is 2.11 bits per heavy atom. The van der Waals surface area contributed by atoms with Crippen LogP contribution in [-0.4, -0.2) is 43.9 Å². The number of nitrogens with one attached hydrogen (secondary N) is 3. The van der Waals surface area contributed by atoms with E-state index in [1.807, 2.05) is 13.8 Å². The molecule has 108 valence electrons. The molecule has 1 amide bonds. The Bertz CT molecular complexity index is 550. The van der Waals surface area contributed by atoms with Crippen molar-refractivity contribution >= 4 is 21.6 Å². The first-order chi connectivity index (χ1) is 8.78. The normalized spacial score (nSPS) is 11.8. The van der Waals surface area contributed by atoms with Crippen molar-refractivity contribution in [3.05, 3.63) is 11.4 Å². The number of amides is 1. The SMILES string of the molecule is CNS(=O)(=O)CCNC(=O)c1n[nH]c(C(C)C)c1N. The van der Waals surface area contributed by atoms with Crippen molar-refractivity contribution in [2.75, 3.05) is 25.1 Å². The highest BCUT2D eigenvalue weighted by molar-refractivity contribution is 7.89. The lowest BCUT2D eigenvalue weighted by Crippen LogP contribution is -2.33. The van der Waals surface area contributed by atoms with Crippen LogP contribution in [0.2, 0.25) is 0 Å². The molecule has 19 heavy (non-hydrogen) atoms. The summed E-state index contributed by atoms with van der Waals surface area (Å²) in [6.45, 7) is 3.83. The molecular weight excluding hydrogens is 270 g/mol. The molecule has 0 unspecified atom stereocenters. The summed E-state index contributed by atoms with van der Waals surface area (Å²) in [5.74, 6) is -0.568. The first-order valence-corrected chi connectivity index (χ1v) is 7.47. The van der Waals surface area contributed by atoms with Gasteiger partial charge in [0, 0.05) is 6.54 Å². The monoisotopic (exact) mass is 289 g/mol. The minimum atomic E-state index is -3.34. The molecular formula is C10H19N5O3S. The highest BCUT2D eigenvalue weighted by atomic mass is 32.2. The van der Waals surface area contributed by atoms with Crippen LogP contribution in [0.15, 0.2) is 0 Å². The van der Waals surface area contributed by atoms with Crippen molar-refractivity contribution in [3.63, 3.8) is 0 Å². The van der Waals surface area contributed by atoms with Crippen LogP contribution in [0.3, 0.4) is 0 Å². The van der Waals surface area contributed by atoms with Crippen molar-refractivity contribution in [1.29, 1.82) is 0 Å². The predicted octanol–water partition coefficient (Wildman–Crippen LogP) is -0.606. The number of nitrogens with zero attached hydrogens (tertiary/aromatic N) is 1. The van der Waals surface area contributed by atoms with Crippen LogP contribution in [0, 0.1) is 0 Å². The minimum absolute atomic E-state index is 0.00861. The van der Waals surface area contributed by atoms with E-state index in [2.05, 4.69) is 20.2 Å². The van der Waals surface area contributed by atoms with Crippen LogP contribution in [0.1, 0.15) is 35.9 Å². The zero-order chi connectivity index (χ0) is 14.6. The first-order valence-electron chi connectivity index (χ1n) is 5.81. The van der Waals surface area contributed by atoms with E-state index in [1.54, 1.807) is 0 Å². The number of H-pyrrole nitrogens is 1. The van der Waals surface area contributed by atoms with Gasteiger partial charge in [-0.2, -0.15) is 5.10 Å². The van der Waals surface area contributed by atoms with Gasteiger partial charge in [0.05, 0.1) is 17.1 Å². The Hall–Kier alpha value is -1.61. The van der Waals surface area contributed by atoms with E-state index < -0.39 is 15.9 Å². The maximum absolute atomic E-state index is 11.8. The summed E-state index contributed by atoms with van der Waals surface area (Å²) in [4.78, 5) is 11.8. The Kier molecular flexibility index (Phi) is 4.90. The number of nitrogens with two attached hydrogens (primary N) is 1. The standard InChI is InChI=1S/C10H19N5O3S/c1-6(2)8-7(11)9(15-14-8)10(16)13-4-5-19(17,18)12-3/h6,12H,4-5,11H2,1-3H3,(H,13,16)(H,14,15). The van der Waals surface area contributed by atoms with Gasteiger partial charge in [-0.15, -0.1) is 0 Å². The van der Waals surface area contributed by atoms with Crippen LogP contribution >= 0.6 is 0 Å². The van der Waals surface area contributed by atoms with E-state index >= 15 is 0 Å². The Morgan fingerprint density at radius 1 is 1.47 bits per heavy atom. The second kappa shape index (κ2) is 6.02. The summed E-state index contributed by atoms with van der Waals surface area (Å²) in [5.41, 5.74) is 6.88. The van der Waals surface area contributed by atoms with Crippen LogP contribution < -0.4 is 15.8 Å². The topological polar surface area (TPSA) is 130 Å². The van der Waals surface area contributed by atoms with E-state index in [1.165, 1.54) is 7.05 Å². The lowest BCUT2D eigenvalue weighted by atomic mass is 10.1. The summed E-state index contributed by atoms with van der Waals surface area (Å²) in [5, 5.41) is 9.01. The third kappa shape index (κ3) is 3.93. The average molecular weight is 289 g/mol. The van der Waals surface area contributed by atoms with Gasteiger partial charge in [0.25, 0.3) is 5.91 Å². The first kappa shape index (κ1) is 15.4. The summed E-state index contributed by atoms with van der Waals surface area (Å²) >= 11 is 0. The summed E-state index contributed by atoms with van der Waals surface area (Å²) in [6.07, 6.45) is 0. The van der Waals surface area contributed by atoms with Gasteiger partial charge in [-0.05, 0) is 13.0 Å². The average Bonchev–Trinajstić information content (AvgIpc) is 2.71. The zero-order valence-corrected chi connectivity index (χ0v) is 12.0. The molecule has 1 rings (SSSR count). The van der Waals surface area contributed by atoms with Gasteiger partial charge in [0.2, 0.25) is 10.0 Å². The molecule has 0 spiro atoms. The summed E-state index contributed by atoms with van der Waals surface area (Å²) < 4.78 is 24.5. The third-order valence-electron chi connectivity index (χ3n) is 2.59. The second-order valence-corrected chi connectivity index (χ2v) is 6.38. The highest BCUT2D eigenvalue weighted by Crippen LogP contribution is 2.21. The second-order valence-electron chi connectivity index (χ2n) is 4.33. The van der Waals surface area contributed by atoms with E-state index in [-0.39, 0.29) is 23.9 Å². The molecule has 5 N–H and O–H groups in total. The molecule has 0 aliphatic heterocycles. The fraction of sp³-hybridized carbons (Fsp3) is 0.600. The molecule has 8 nitrogen and oxygen atoms in total. The molecule has 0 fully saturated rings. The number of sulfonamides is 1. The fourth-order valence-corrected chi connectivity index (χ4v) is 2.04. The van der Waals surface area contributed by atoms with Crippen LogP contribution in [0.5, 0.6) is 0 Å². The highest BCUT2D eigenvalue weighted by Gasteiger charge is 2.19. The van der Waals surface area contributed by atoms with Gasteiger partial charge in [0.15, 0.2) is 5.69 Å². The largest absolute Gasteiger partial charge is 0.395 e. The van der Waals surface area contributed by atoms with Crippen molar-refractivity contribution in [3.8, 4) is 0 Å². The number of carbonyl (C=O) groups excluding carboxylic acids is 1. The van der Waals surface area contributed by atoms with Gasteiger partial charge < -0.3 is 11.1 Å². The summed E-state index contributed by atoms with van der Waals surface area (Å²) in [7, 11) is -2.02. The Balaban J connectivity index is 2.65. The maximum atomic E-state index is 11.8. The van der Waals surface area contributed by atoms with Gasteiger partial charge in [-0.1, -0.05) is 13.8 Å². The summed E-state index contributed by atoms with van der Waals surface area (Å²) in [6, 6.07) is 0. The molecule has 0 aliphatic carbocycles. The number of carbonyl (C=O) groups is 1. The fourth-order valence-electron chi connectivity index (χ4n) is 1.46. The zero-order valence-electron chi connectivity index (χ0n) is 11.1. The van der Waals surface area contributed by atoms with Crippen molar-refractivity contribution in [2.24, 2.45) is 0 Å². The number of rotatable bonds is 6. The molecule has 0 radical (unpaired) electrons. The van der Waals surface area contributed by atoms with Crippen LogP contribution in [0.4, 0.5) is 5.69 Å². The van der Waals surface area contributed by atoms with Crippen LogP contribution in [-0.2, 0) is 10.0 Å². The number of aromatic nitrogens is 2. The molecule has 0 saturated carbocycles. The number of hydrogen-bond acceptors (Lipinski definition) is 5. The molecule has 1 heterocycles. The molecule has 0 atom stereocenters. The Morgan fingerprint density at radius 3 is 2.58 bits per heavy atom. The van der Waals surface area contributed by atoms with Crippen molar-refractivity contribution in [1.82, 2.24) is 20.2 Å². The van der Waals surface area contributed by atoms with E-state index in [0.717, 1.165) is 0 Å². The number of anilines is 1. The molecule has 9 heteroatoms. The predicted molar refractivity (Wildman–Crippen MR) is 72.3 cm³/mol. The van der Waals surface area contributed by atoms with E-state index in [0.29, 0.717) is 11.4 Å². The van der Waals surface area contributed by atoms with Gasteiger partial charge in [0.1, 0.15) is 0 Å². The molecule has 0 aromatic carbocycles.